The first-order valence-corrected chi connectivity index (χ1v) is 6.14. The molecule has 2 rings (SSSR count). The van der Waals surface area contributed by atoms with E-state index >= 15 is 0 Å². The molecule has 9 heteroatoms. The SMILES string of the molecule is O=C(O)Cn1ccc(C(=O)NCCn2cc(Cl)cn2)n1. The lowest BCUT2D eigenvalue weighted by Crippen LogP contribution is -2.28. The van der Waals surface area contributed by atoms with Crippen LogP contribution in [0.1, 0.15) is 10.5 Å². The predicted octanol–water partition coefficient (Wildman–Crippen LogP) is 0.248. The largest absolute Gasteiger partial charge is 0.480 e. The van der Waals surface area contributed by atoms with Crippen LogP contribution in [0.5, 0.6) is 0 Å². The monoisotopic (exact) mass is 297 g/mol. The molecule has 8 nitrogen and oxygen atoms in total. The van der Waals surface area contributed by atoms with Gasteiger partial charge < -0.3 is 10.4 Å². The highest BCUT2D eigenvalue weighted by Gasteiger charge is 2.10. The number of carbonyl (C=O) groups excluding carboxylic acids is 1. The molecule has 0 aromatic carbocycles. The summed E-state index contributed by atoms with van der Waals surface area (Å²) in [7, 11) is 0. The second kappa shape index (κ2) is 6.20. The van der Waals surface area contributed by atoms with Crippen LogP contribution in [0.4, 0.5) is 0 Å². The van der Waals surface area contributed by atoms with Crippen LogP contribution in [0.15, 0.2) is 24.7 Å². The molecule has 0 aliphatic carbocycles. The number of aromatic nitrogens is 4. The van der Waals surface area contributed by atoms with Crippen LogP contribution in [0.3, 0.4) is 0 Å². The van der Waals surface area contributed by atoms with Crippen molar-refractivity contribution in [3.8, 4) is 0 Å². The Morgan fingerprint density at radius 2 is 2.20 bits per heavy atom. The van der Waals surface area contributed by atoms with Gasteiger partial charge in [-0.1, -0.05) is 11.6 Å². The number of carboxylic acids is 1. The zero-order valence-corrected chi connectivity index (χ0v) is 11.1. The maximum atomic E-state index is 11.7. The van der Waals surface area contributed by atoms with Gasteiger partial charge in [-0.05, 0) is 6.07 Å². The quantitative estimate of drug-likeness (QED) is 0.795. The lowest BCUT2D eigenvalue weighted by molar-refractivity contribution is -0.137. The second-order valence-corrected chi connectivity index (χ2v) is 4.41. The third-order valence-electron chi connectivity index (χ3n) is 2.40. The summed E-state index contributed by atoms with van der Waals surface area (Å²) >= 11 is 5.71. The molecule has 0 saturated heterocycles. The number of nitrogens with one attached hydrogen (secondary N) is 1. The molecule has 0 bridgehead atoms. The van der Waals surface area contributed by atoms with Gasteiger partial charge in [0.05, 0.1) is 17.8 Å². The third-order valence-corrected chi connectivity index (χ3v) is 2.59. The molecule has 0 fully saturated rings. The molecule has 1 amide bonds. The van der Waals surface area contributed by atoms with E-state index in [0.717, 1.165) is 0 Å². The maximum absolute atomic E-state index is 11.7. The number of carboxylic acid groups (broad SMARTS) is 1. The fraction of sp³-hybridized carbons (Fsp3) is 0.273. The smallest absolute Gasteiger partial charge is 0.325 e. The van der Waals surface area contributed by atoms with Crippen molar-refractivity contribution in [2.45, 2.75) is 13.1 Å². The van der Waals surface area contributed by atoms with Crippen LogP contribution in [-0.4, -0.2) is 43.1 Å². The summed E-state index contributed by atoms with van der Waals surface area (Å²) in [4.78, 5) is 22.2. The molecule has 0 radical (unpaired) electrons. The van der Waals surface area contributed by atoms with E-state index in [9.17, 15) is 9.59 Å². The highest BCUT2D eigenvalue weighted by Crippen LogP contribution is 2.03. The van der Waals surface area contributed by atoms with Gasteiger partial charge in [-0.25, -0.2) is 0 Å². The van der Waals surface area contributed by atoms with Gasteiger partial charge in [0.25, 0.3) is 5.91 Å². The van der Waals surface area contributed by atoms with Gasteiger partial charge in [0.2, 0.25) is 0 Å². The van der Waals surface area contributed by atoms with Gasteiger partial charge in [0, 0.05) is 18.9 Å². The number of carbonyl (C=O) groups is 2. The molecule has 20 heavy (non-hydrogen) atoms. The van der Waals surface area contributed by atoms with Gasteiger partial charge in [-0.15, -0.1) is 0 Å². The molecule has 0 aliphatic rings. The number of halogens is 1. The molecule has 0 spiro atoms. The van der Waals surface area contributed by atoms with Crippen molar-refractivity contribution < 1.29 is 14.7 Å². The fourth-order valence-electron chi connectivity index (χ4n) is 1.54. The van der Waals surface area contributed by atoms with Crippen LogP contribution in [0.2, 0.25) is 5.02 Å². The fourth-order valence-corrected chi connectivity index (χ4v) is 1.70. The molecule has 2 N–H and O–H groups in total. The van der Waals surface area contributed by atoms with Gasteiger partial charge in [0.15, 0.2) is 0 Å². The average molecular weight is 298 g/mol. The van der Waals surface area contributed by atoms with Crippen LogP contribution in [0.25, 0.3) is 0 Å². The van der Waals surface area contributed by atoms with Gasteiger partial charge in [-0.3, -0.25) is 19.0 Å². The van der Waals surface area contributed by atoms with E-state index in [1.54, 1.807) is 10.9 Å². The standard InChI is InChI=1S/C11H12ClN5O3/c12-8-5-14-16(6-8)4-2-13-11(20)9-1-3-17(15-9)7-10(18)19/h1,3,5-6H,2,4,7H2,(H,13,20)(H,18,19). The van der Waals surface area contributed by atoms with E-state index < -0.39 is 5.97 Å². The summed E-state index contributed by atoms with van der Waals surface area (Å²) in [6, 6.07) is 1.46. The summed E-state index contributed by atoms with van der Waals surface area (Å²) in [6.07, 6.45) is 4.60. The van der Waals surface area contributed by atoms with Crippen molar-refractivity contribution in [2.24, 2.45) is 0 Å². The topological polar surface area (TPSA) is 102 Å². The Bertz CT molecular complexity index is 621. The van der Waals surface area contributed by atoms with Crippen LogP contribution < -0.4 is 5.32 Å². The first kappa shape index (κ1) is 14.1. The lowest BCUT2D eigenvalue weighted by atomic mass is 10.4. The molecule has 0 unspecified atom stereocenters. The number of aliphatic carboxylic acids is 1. The zero-order chi connectivity index (χ0) is 14.5. The number of nitrogens with zero attached hydrogens (tertiary/aromatic N) is 4. The Labute approximate surface area is 118 Å². The van der Waals surface area contributed by atoms with Gasteiger partial charge in [0.1, 0.15) is 12.2 Å². The first-order valence-electron chi connectivity index (χ1n) is 5.76. The molecular formula is C11H12ClN5O3. The van der Waals surface area contributed by atoms with E-state index in [2.05, 4.69) is 15.5 Å². The molecule has 0 saturated carbocycles. The number of hydrogen-bond donors (Lipinski definition) is 2. The van der Waals surface area contributed by atoms with E-state index in [-0.39, 0.29) is 18.1 Å². The van der Waals surface area contributed by atoms with Crippen molar-refractivity contribution >= 4 is 23.5 Å². The van der Waals surface area contributed by atoms with Gasteiger partial charge in [-0.2, -0.15) is 10.2 Å². The zero-order valence-electron chi connectivity index (χ0n) is 10.4. The molecule has 106 valence electrons. The normalized spacial score (nSPS) is 10.4. The summed E-state index contributed by atoms with van der Waals surface area (Å²) in [5, 5.41) is 19.6. The molecule has 2 aromatic heterocycles. The maximum Gasteiger partial charge on any atom is 0.325 e. The Kier molecular flexibility index (Phi) is 4.36. The lowest BCUT2D eigenvalue weighted by Gasteiger charge is -2.03. The molecule has 2 heterocycles. The summed E-state index contributed by atoms with van der Waals surface area (Å²) in [5.41, 5.74) is 0.171. The summed E-state index contributed by atoms with van der Waals surface area (Å²) < 4.78 is 2.79. The molecular weight excluding hydrogens is 286 g/mol. The van der Waals surface area contributed by atoms with Crippen LogP contribution in [-0.2, 0) is 17.9 Å². The van der Waals surface area contributed by atoms with Crippen molar-refractivity contribution in [2.75, 3.05) is 6.54 Å². The van der Waals surface area contributed by atoms with Crippen molar-refractivity contribution in [3.05, 3.63) is 35.4 Å². The Balaban J connectivity index is 1.82. The number of hydrogen-bond acceptors (Lipinski definition) is 4. The van der Waals surface area contributed by atoms with E-state index in [1.165, 1.54) is 23.1 Å². The summed E-state index contributed by atoms with van der Waals surface area (Å²) in [5.74, 6) is -1.39. The molecule has 0 atom stereocenters. The Morgan fingerprint density at radius 3 is 2.85 bits per heavy atom. The summed E-state index contributed by atoms with van der Waals surface area (Å²) in [6.45, 7) is 0.565. The molecule has 2 aromatic rings. The second-order valence-electron chi connectivity index (χ2n) is 3.97. The Hall–Kier alpha value is -2.35. The predicted molar refractivity (Wildman–Crippen MR) is 69.4 cm³/mol. The van der Waals surface area contributed by atoms with E-state index in [4.69, 9.17) is 16.7 Å². The van der Waals surface area contributed by atoms with Crippen LogP contribution in [0, 0.1) is 0 Å². The average Bonchev–Trinajstić information content (AvgIpc) is 2.98. The minimum atomic E-state index is -1.02. The number of rotatable bonds is 6. The highest BCUT2D eigenvalue weighted by atomic mass is 35.5. The minimum Gasteiger partial charge on any atom is -0.480 e. The number of amides is 1. The van der Waals surface area contributed by atoms with Crippen molar-refractivity contribution in [1.29, 1.82) is 0 Å². The van der Waals surface area contributed by atoms with Crippen LogP contribution >= 0.6 is 11.6 Å². The highest BCUT2D eigenvalue weighted by molar-refractivity contribution is 6.30. The first-order chi connectivity index (χ1) is 9.54. The molecule has 0 aliphatic heterocycles. The van der Waals surface area contributed by atoms with Crippen molar-refractivity contribution in [3.63, 3.8) is 0 Å². The minimum absolute atomic E-state index is 0.171. The third kappa shape index (κ3) is 3.82. The van der Waals surface area contributed by atoms with Crippen molar-refractivity contribution in [1.82, 2.24) is 24.9 Å². The van der Waals surface area contributed by atoms with E-state index in [1.807, 2.05) is 0 Å². The Morgan fingerprint density at radius 1 is 1.40 bits per heavy atom. The van der Waals surface area contributed by atoms with Gasteiger partial charge >= 0.3 is 5.97 Å². The van der Waals surface area contributed by atoms with E-state index in [0.29, 0.717) is 18.1 Å².